The van der Waals surface area contributed by atoms with Gasteiger partial charge in [-0.25, -0.2) is 0 Å². The van der Waals surface area contributed by atoms with Gasteiger partial charge >= 0.3 is 0 Å². The molecule has 0 radical (unpaired) electrons. The maximum atomic E-state index is 9.25. The molecule has 0 aliphatic carbocycles. The van der Waals surface area contributed by atoms with Crippen LogP contribution in [0.25, 0.3) is 0 Å². The van der Waals surface area contributed by atoms with E-state index < -0.39 is 0 Å². The van der Waals surface area contributed by atoms with Crippen molar-refractivity contribution in [1.29, 1.82) is 0 Å². The van der Waals surface area contributed by atoms with Crippen LogP contribution in [0.4, 0.5) is 0 Å². The summed E-state index contributed by atoms with van der Waals surface area (Å²) in [5.74, 6) is 1.59. The van der Waals surface area contributed by atoms with Gasteiger partial charge < -0.3 is 14.6 Å². The summed E-state index contributed by atoms with van der Waals surface area (Å²) < 4.78 is 10.5. The van der Waals surface area contributed by atoms with E-state index >= 15 is 0 Å². The third kappa shape index (κ3) is 3.14. The molecule has 0 spiro atoms. The molecule has 3 heteroatoms. The molecule has 0 saturated heterocycles. The van der Waals surface area contributed by atoms with Crippen LogP contribution in [0, 0.1) is 5.41 Å². The Bertz CT molecular complexity index is 345. The molecule has 1 aromatic rings. The van der Waals surface area contributed by atoms with Gasteiger partial charge in [0.1, 0.15) is 11.5 Å². The molecule has 16 heavy (non-hydrogen) atoms. The zero-order valence-electron chi connectivity index (χ0n) is 10.4. The molecule has 0 bridgehead atoms. The van der Waals surface area contributed by atoms with Gasteiger partial charge in [-0.2, -0.15) is 0 Å². The Kier molecular flexibility index (Phi) is 4.19. The van der Waals surface area contributed by atoms with E-state index in [2.05, 4.69) is 0 Å². The van der Waals surface area contributed by atoms with E-state index in [0.717, 1.165) is 23.5 Å². The van der Waals surface area contributed by atoms with Gasteiger partial charge in [-0.15, -0.1) is 0 Å². The summed E-state index contributed by atoms with van der Waals surface area (Å²) >= 11 is 0. The molecule has 0 amide bonds. The molecule has 1 N–H and O–H groups in total. The molecule has 90 valence electrons. The summed E-state index contributed by atoms with van der Waals surface area (Å²) in [6.45, 7) is 4.20. The SMILES string of the molecule is COc1ccc(CC(C)(C)CO)c(OC)c1. The van der Waals surface area contributed by atoms with E-state index in [9.17, 15) is 5.11 Å². The lowest BCUT2D eigenvalue weighted by atomic mass is 9.86. The number of methoxy groups -OCH3 is 2. The van der Waals surface area contributed by atoms with Crippen LogP contribution in [-0.4, -0.2) is 25.9 Å². The molecule has 0 aliphatic rings. The second-order valence-corrected chi connectivity index (χ2v) is 4.68. The van der Waals surface area contributed by atoms with E-state index in [0.29, 0.717) is 0 Å². The van der Waals surface area contributed by atoms with Gasteiger partial charge in [-0.1, -0.05) is 19.9 Å². The fraction of sp³-hybridized carbons (Fsp3) is 0.538. The van der Waals surface area contributed by atoms with Crippen LogP contribution < -0.4 is 9.47 Å². The van der Waals surface area contributed by atoms with Gasteiger partial charge in [0, 0.05) is 12.7 Å². The number of aliphatic hydroxyl groups excluding tert-OH is 1. The molecule has 3 nitrogen and oxygen atoms in total. The van der Waals surface area contributed by atoms with E-state index in [-0.39, 0.29) is 12.0 Å². The van der Waals surface area contributed by atoms with Gasteiger partial charge in [0.05, 0.1) is 14.2 Å². The highest BCUT2D eigenvalue weighted by molar-refractivity contribution is 5.41. The lowest BCUT2D eigenvalue weighted by Gasteiger charge is -2.22. The van der Waals surface area contributed by atoms with E-state index in [1.54, 1.807) is 14.2 Å². The second kappa shape index (κ2) is 5.21. The smallest absolute Gasteiger partial charge is 0.125 e. The van der Waals surface area contributed by atoms with Gasteiger partial charge in [-0.05, 0) is 23.5 Å². The van der Waals surface area contributed by atoms with Gasteiger partial charge in [0.15, 0.2) is 0 Å². The fourth-order valence-corrected chi connectivity index (χ4v) is 1.57. The molecule has 0 heterocycles. The summed E-state index contributed by atoms with van der Waals surface area (Å²) in [7, 11) is 3.27. The average molecular weight is 224 g/mol. The Morgan fingerprint density at radius 1 is 1.19 bits per heavy atom. The predicted molar refractivity (Wildman–Crippen MR) is 64.1 cm³/mol. The second-order valence-electron chi connectivity index (χ2n) is 4.68. The van der Waals surface area contributed by atoms with Crippen molar-refractivity contribution in [3.05, 3.63) is 23.8 Å². The molecule has 1 rings (SSSR count). The van der Waals surface area contributed by atoms with Crippen molar-refractivity contribution in [1.82, 2.24) is 0 Å². The van der Waals surface area contributed by atoms with Crippen molar-refractivity contribution in [2.45, 2.75) is 20.3 Å². The molecule has 0 atom stereocenters. The largest absolute Gasteiger partial charge is 0.497 e. The number of rotatable bonds is 5. The van der Waals surface area contributed by atoms with Crippen LogP contribution >= 0.6 is 0 Å². The van der Waals surface area contributed by atoms with E-state index in [1.165, 1.54) is 0 Å². The van der Waals surface area contributed by atoms with Gasteiger partial charge in [-0.3, -0.25) is 0 Å². The topological polar surface area (TPSA) is 38.7 Å². The van der Waals surface area contributed by atoms with Crippen LogP contribution in [-0.2, 0) is 6.42 Å². The van der Waals surface area contributed by atoms with Crippen LogP contribution in [0.15, 0.2) is 18.2 Å². The minimum Gasteiger partial charge on any atom is -0.497 e. The van der Waals surface area contributed by atoms with Gasteiger partial charge in [0.2, 0.25) is 0 Å². The summed E-state index contributed by atoms with van der Waals surface area (Å²) in [4.78, 5) is 0. The lowest BCUT2D eigenvalue weighted by molar-refractivity contribution is 0.159. The van der Waals surface area contributed by atoms with Crippen molar-refractivity contribution in [3.8, 4) is 11.5 Å². The maximum Gasteiger partial charge on any atom is 0.125 e. The molecular weight excluding hydrogens is 204 g/mol. The third-order valence-electron chi connectivity index (χ3n) is 2.59. The predicted octanol–water partition coefficient (Wildman–Crippen LogP) is 2.26. The standard InChI is InChI=1S/C13H20O3/c1-13(2,9-14)8-10-5-6-11(15-3)7-12(10)16-4/h5-7,14H,8-9H2,1-4H3. The summed E-state index contributed by atoms with van der Waals surface area (Å²) in [5.41, 5.74) is 0.948. The minimum atomic E-state index is -0.137. The molecule has 0 aliphatic heterocycles. The number of hydrogen-bond donors (Lipinski definition) is 1. The molecule has 0 aromatic heterocycles. The van der Waals surface area contributed by atoms with Crippen LogP contribution in [0.1, 0.15) is 19.4 Å². The number of hydrogen-bond acceptors (Lipinski definition) is 3. The molecular formula is C13H20O3. The molecule has 0 fully saturated rings. The highest BCUT2D eigenvalue weighted by Gasteiger charge is 2.19. The van der Waals surface area contributed by atoms with E-state index in [1.807, 2.05) is 32.0 Å². The lowest BCUT2D eigenvalue weighted by Crippen LogP contribution is -2.20. The van der Waals surface area contributed by atoms with Crippen LogP contribution in [0.5, 0.6) is 11.5 Å². The summed E-state index contributed by atoms with van der Waals surface area (Å²) in [6, 6.07) is 5.75. The summed E-state index contributed by atoms with van der Waals surface area (Å²) in [5, 5.41) is 9.25. The molecule has 0 saturated carbocycles. The van der Waals surface area contributed by atoms with Crippen molar-refractivity contribution in [2.75, 3.05) is 20.8 Å². The van der Waals surface area contributed by atoms with Crippen molar-refractivity contribution in [2.24, 2.45) is 5.41 Å². The van der Waals surface area contributed by atoms with Crippen LogP contribution in [0.2, 0.25) is 0 Å². The first kappa shape index (κ1) is 12.8. The minimum absolute atomic E-state index is 0.137. The number of ether oxygens (including phenoxy) is 2. The first-order valence-electron chi connectivity index (χ1n) is 5.34. The van der Waals surface area contributed by atoms with E-state index in [4.69, 9.17) is 9.47 Å². The monoisotopic (exact) mass is 224 g/mol. The van der Waals surface area contributed by atoms with Crippen molar-refractivity contribution >= 4 is 0 Å². The van der Waals surface area contributed by atoms with Crippen LogP contribution in [0.3, 0.4) is 0 Å². The zero-order chi connectivity index (χ0) is 12.2. The molecule has 0 unspecified atom stereocenters. The Morgan fingerprint density at radius 3 is 2.38 bits per heavy atom. The summed E-state index contributed by atoms with van der Waals surface area (Å²) in [6.07, 6.45) is 0.774. The normalized spacial score (nSPS) is 11.3. The van der Waals surface area contributed by atoms with Crippen molar-refractivity contribution in [3.63, 3.8) is 0 Å². The first-order chi connectivity index (χ1) is 7.52. The quantitative estimate of drug-likeness (QED) is 0.833. The average Bonchev–Trinajstić information content (AvgIpc) is 2.29. The third-order valence-corrected chi connectivity index (χ3v) is 2.59. The highest BCUT2D eigenvalue weighted by atomic mass is 16.5. The molecule has 1 aromatic carbocycles. The Balaban J connectivity index is 2.96. The highest BCUT2D eigenvalue weighted by Crippen LogP contribution is 2.30. The Hall–Kier alpha value is -1.22. The number of benzene rings is 1. The maximum absolute atomic E-state index is 9.25. The Labute approximate surface area is 97.0 Å². The fourth-order valence-electron chi connectivity index (χ4n) is 1.57. The number of aliphatic hydroxyl groups is 1. The Morgan fingerprint density at radius 2 is 1.88 bits per heavy atom. The zero-order valence-corrected chi connectivity index (χ0v) is 10.4. The van der Waals surface area contributed by atoms with Crippen molar-refractivity contribution < 1.29 is 14.6 Å². The van der Waals surface area contributed by atoms with Gasteiger partial charge in [0.25, 0.3) is 0 Å². The first-order valence-corrected chi connectivity index (χ1v) is 5.34.